The minimum absolute atomic E-state index is 0.296. The molecule has 1 aromatic rings. The molecular weight excluding hydrogens is 186 g/mol. The van der Waals surface area contributed by atoms with Crippen molar-refractivity contribution in [3.8, 4) is 0 Å². The van der Waals surface area contributed by atoms with Crippen molar-refractivity contribution in [1.82, 2.24) is 10.4 Å². The summed E-state index contributed by atoms with van der Waals surface area (Å²) in [5.74, 6) is 6.02. The number of aryl methyl sites for hydroxylation is 1. The van der Waals surface area contributed by atoms with Crippen molar-refractivity contribution in [3.05, 3.63) is 29.6 Å². The smallest absolute Gasteiger partial charge is 0.0419 e. The lowest BCUT2D eigenvalue weighted by Gasteiger charge is -2.19. The summed E-state index contributed by atoms with van der Waals surface area (Å²) in [4.78, 5) is 4.42. The fraction of sp³-hybridized carbons (Fsp3) is 0.583. The SMILES string of the molecule is CCc1ccc(CC(NN)C(C)C)nc1. The highest BCUT2D eigenvalue weighted by molar-refractivity contribution is 5.14. The summed E-state index contributed by atoms with van der Waals surface area (Å²) in [5, 5.41) is 0. The van der Waals surface area contributed by atoms with Gasteiger partial charge in [0.15, 0.2) is 0 Å². The van der Waals surface area contributed by atoms with E-state index in [0.717, 1.165) is 18.5 Å². The minimum Gasteiger partial charge on any atom is -0.271 e. The van der Waals surface area contributed by atoms with E-state index < -0.39 is 0 Å². The first-order chi connectivity index (χ1) is 7.17. The van der Waals surface area contributed by atoms with E-state index in [1.54, 1.807) is 0 Å². The van der Waals surface area contributed by atoms with E-state index in [9.17, 15) is 0 Å². The average Bonchev–Trinajstić information content (AvgIpc) is 2.26. The molecule has 3 N–H and O–H groups in total. The van der Waals surface area contributed by atoms with E-state index in [-0.39, 0.29) is 0 Å². The van der Waals surface area contributed by atoms with E-state index in [1.807, 2.05) is 6.20 Å². The maximum Gasteiger partial charge on any atom is 0.0419 e. The highest BCUT2D eigenvalue weighted by Gasteiger charge is 2.12. The van der Waals surface area contributed by atoms with Gasteiger partial charge in [-0.25, -0.2) is 0 Å². The number of rotatable bonds is 5. The molecule has 84 valence electrons. The number of nitrogens with two attached hydrogens (primary N) is 1. The third kappa shape index (κ3) is 3.61. The zero-order valence-corrected chi connectivity index (χ0v) is 9.83. The van der Waals surface area contributed by atoms with Crippen LogP contribution >= 0.6 is 0 Å². The topological polar surface area (TPSA) is 50.9 Å². The van der Waals surface area contributed by atoms with Crippen LogP contribution in [0.25, 0.3) is 0 Å². The third-order valence-corrected chi connectivity index (χ3v) is 2.74. The molecule has 1 heterocycles. The third-order valence-electron chi connectivity index (χ3n) is 2.74. The van der Waals surface area contributed by atoms with Gasteiger partial charge in [-0.1, -0.05) is 26.8 Å². The molecule has 0 aliphatic heterocycles. The summed E-state index contributed by atoms with van der Waals surface area (Å²) in [6, 6.07) is 4.52. The molecule has 1 aromatic heterocycles. The molecule has 0 saturated heterocycles. The first-order valence-corrected chi connectivity index (χ1v) is 5.57. The quantitative estimate of drug-likeness (QED) is 0.570. The molecule has 0 spiro atoms. The van der Waals surface area contributed by atoms with Gasteiger partial charge in [0.05, 0.1) is 0 Å². The number of hydrazine groups is 1. The van der Waals surface area contributed by atoms with Crippen molar-refractivity contribution in [2.75, 3.05) is 0 Å². The van der Waals surface area contributed by atoms with Crippen LogP contribution in [0.15, 0.2) is 18.3 Å². The molecule has 1 unspecified atom stereocenters. The number of aromatic nitrogens is 1. The fourth-order valence-electron chi connectivity index (χ4n) is 1.50. The Labute approximate surface area is 92.1 Å². The predicted molar refractivity (Wildman–Crippen MR) is 63.3 cm³/mol. The second-order valence-corrected chi connectivity index (χ2v) is 4.23. The normalized spacial score (nSPS) is 13.1. The average molecular weight is 207 g/mol. The lowest BCUT2D eigenvalue weighted by Crippen LogP contribution is -2.40. The summed E-state index contributed by atoms with van der Waals surface area (Å²) < 4.78 is 0. The Morgan fingerprint density at radius 1 is 1.40 bits per heavy atom. The summed E-state index contributed by atoms with van der Waals surface area (Å²) >= 11 is 0. The van der Waals surface area contributed by atoms with Crippen LogP contribution in [0.3, 0.4) is 0 Å². The molecule has 0 fully saturated rings. The van der Waals surface area contributed by atoms with Gasteiger partial charge >= 0.3 is 0 Å². The van der Waals surface area contributed by atoms with E-state index >= 15 is 0 Å². The Kier molecular flexibility index (Phi) is 4.72. The Morgan fingerprint density at radius 3 is 2.53 bits per heavy atom. The van der Waals surface area contributed by atoms with E-state index in [0.29, 0.717) is 12.0 Å². The first-order valence-electron chi connectivity index (χ1n) is 5.57. The van der Waals surface area contributed by atoms with Gasteiger partial charge in [-0.2, -0.15) is 0 Å². The van der Waals surface area contributed by atoms with Crippen LogP contribution in [-0.2, 0) is 12.8 Å². The number of nitrogens with one attached hydrogen (secondary N) is 1. The van der Waals surface area contributed by atoms with Crippen LogP contribution in [0.1, 0.15) is 32.0 Å². The number of hydrogen-bond acceptors (Lipinski definition) is 3. The fourth-order valence-corrected chi connectivity index (χ4v) is 1.50. The van der Waals surface area contributed by atoms with Crippen LogP contribution in [-0.4, -0.2) is 11.0 Å². The molecule has 0 aliphatic carbocycles. The van der Waals surface area contributed by atoms with Crippen LogP contribution < -0.4 is 11.3 Å². The molecule has 3 nitrogen and oxygen atoms in total. The number of hydrogen-bond donors (Lipinski definition) is 2. The second kappa shape index (κ2) is 5.83. The summed E-state index contributed by atoms with van der Waals surface area (Å²) in [5.41, 5.74) is 5.22. The zero-order chi connectivity index (χ0) is 11.3. The molecule has 15 heavy (non-hydrogen) atoms. The highest BCUT2D eigenvalue weighted by Crippen LogP contribution is 2.08. The Morgan fingerprint density at radius 2 is 2.13 bits per heavy atom. The molecule has 0 saturated carbocycles. The molecule has 0 aliphatic rings. The zero-order valence-electron chi connectivity index (χ0n) is 9.83. The van der Waals surface area contributed by atoms with Crippen molar-refractivity contribution >= 4 is 0 Å². The molecule has 0 radical (unpaired) electrons. The van der Waals surface area contributed by atoms with Gasteiger partial charge in [0.2, 0.25) is 0 Å². The highest BCUT2D eigenvalue weighted by atomic mass is 15.2. The van der Waals surface area contributed by atoms with E-state index in [4.69, 9.17) is 5.84 Å². The number of pyridine rings is 1. The first kappa shape index (κ1) is 12.1. The number of nitrogens with zero attached hydrogens (tertiary/aromatic N) is 1. The van der Waals surface area contributed by atoms with Crippen molar-refractivity contribution in [2.24, 2.45) is 11.8 Å². The lowest BCUT2D eigenvalue weighted by molar-refractivity contribution is 0.401. The van der Waals surface area contributed by atoms with Gasteiger partial charge < -0.3 is 0 Å². The van der Waals surface area contributed by atoms with Crippen LogP contribution in [0, 0.1) is 5.92 Å². The summed E-state index contributed by atoms with van der Waals surface area (Å²) in [7, 11) is 0. The molecular formula is C12H21N3. The monoisotopic (exact) mass is 207 g/mol. The van der Waals surface area contributed by atoms with Gasteiger partial charge in [0, 0.05) is 24.4 Å². The van der Waals surface area contributed by atoms with E-state index in [1.165, 1.54) is 5.56 Å². The summed E-state index contributed by atoms with van der Waals surface area (Å²) in [6.07, 6.45) is 3.87. The van der Waals surface area contributed by atoms with Crippen LogP contribution in [0.4, 0.5) is 0 Å². The largest absolute Gasteiger partial charge is 0.271 e. The van der Waals surface area contributed by atoms with Gasteiger partial charge in [-0.05, 0) is 24.0 Å². The maximum absolute atomic E-state index is 5.50. The Bertz CT molecular complexity index is 279. The van der Waals surface area contributed by atoms with Gasteiger partial charge in [-0.3, -0.25) is 16.3 Å². The Hall–Kier alpha value is -0.930. The van der Waals surface area contributed by atoms with Gasteiger partial charge in [0.1, 0.15) is 0 Å². The van der Waals surface area contributed by atoms with Crippen LogP contribution in [0.2, 0.25) is 0 Å². The van der Waals surface area contributed by atoms with Gasteiger partial charge in [0.25, 0.3) is 0 Å². The lowest BCUT2D eigenvalue weighted by atomic mass is 9.99. The standard InChI is InChI=1S/C12H21N3/c1-4-10-5-6-11(14-8-10)7-12(15-13)9(2)3/h5-6,8-9,12,15H,4,7,13H2,1-3H3. The van der Waals surface area contributed by atoms with Crippen molar-refractivity contribution in [2.45, 2.75) is 39.7 Å². The second-order valence-electron chi connectivity index (χ2n) is 4.23. The maximum atomic E-state index is 5.50. The summed E-state index contributed by atoms with van der Waals surface area (Å²) in [6.45, 7) is 6.45. The van der Waals surface area contributed by atoms with Gasteiger partial charge in [-0.15, -0.1) is 0 Å². The molecule has 3 heteroatoms. The Balaban J connectivity index is 2.63. The predicted octanol–water partition coefficient (Wildman–Crippen LogP) is 1.67. The molecule has 1 atom stereocenters. The molecule has 0 bridgehead atoms. The van der Waals surface area contributed by atoms with E-state index in [2.05, 4.69) is 43.3 Å². The molecule has 0 amide bonds. The van der Waals surface area contributed by atoms with Crippen molar-refractivity contribution in [3.63, 3.8) is 0 Å². The molecule has 1 rings (SSSR count). The van der Waals surface area contributed by atoms with Crippen LogP contribution in [0.5, 0.6) is 0 Å². The molecule has 0 aromatic carbocycles. The minimum atomic E-state index is 0.296. The van der Waals surface area contributed by atoms with Crippen molar-refractivity contribution in [1.29, 1.82) is 0 Å². The van der Waals surface area contributed by atoms with Crippen molar-refractivity contribution < 1.29 is 0 Å².